The van der Waals surface area contributed by atoms with Crippen molar-refractivity contribution in [1.29, 1.82) is 0 Å². The summed E-state index contributed by atoms with van der Waals surface area (Å²) >= 11 is 0. The number of aromatic nitrogens is 2. The summed E-state index contributed by atoms with van der Waals surface area (Å²) in [7, 11) is 0. The molecule has 6 heteroatoms. The molecule has 0 saturated heterocycles. The van der Waals surface area contributed by atoms with Gasteiger partial charge in [0.2, 0.25) is 0 Å². The third-order valence-electron chi connectivity index (χ3n) is 5.31. The van der Waals surface area contributed by atoms with E-state index in [1.54, 1.807) is 23.1 Å². The Kier molecular flexibility index (Phi) is 4.12. The second kappa shape index (κ2) is 6.81. The molecule has 0 atom stereocenters. The number of amides is 1. The highest BCUT2D eigenvalue weighted by molar-refractivity contribution is 6.04. The molecule has 0 aliphatic carbocycles. The first-order chi connectivity index (χ1) is 14.1. The van der Waals surface area contributed by atoms with E-state index >= 15 is 0 Å². The zero-order chi connectivity index (χ0) is 20.0. The lowest BCUT2D eigenvalue weighted by Gasteiger charge is -2.14. The molecule has 0 spiro atoms. The van der Waals surface area contributed by atoms with E-state index in [4.69, 9.17) is 0 Å². The highest BCUT2D eigenvalue weighted by atomic mass is 19.1. The molecule has 0 saturated carbocycles. The number of benzene rings is 2. The molecule has 2 aromatic heterocycles. The summed E-state index contributed by atoms with van der Waals surface area (Å²) in [5.41, 5.74) is 3.81. The quantitative estimate of drug-likeness (QED) is 0.516. The van der Waals surface area contributed by atoms with E-state index in [0.29, 0.717) is 35.2 Å². The number of hydrogen-bond donors (Lipinski definition) is 0. The Morgan fingerprint density at radius 2 is 1.83 bits per heavy atom. The van der Waals surface area contributed by atoms with Gasteiger partial charge in [-0.05, 0) is 41.5 Å². The third kappa shape index (κ3) is 3.06. The fourth-order valence-corrected chi connectivity index (χ4v) is 3.85. The SMILES string of the molecule is O=C1c2c(-c3ccc(F)cc3)ccc(F)c2CN1CCc1cn2ccccc2n1. The molecule has 144 valence electrons. The summed E-state index contributed by atoms with van der Waals surface area (Å²) in [5.74, 6) is -0.954. The molecule has 0 radical (unpaired) electrons. The average molecular weight is 389 g/mol. The van der Waals surface area contributed by atoms with Crippen LogP contribution in [-0.4, -0.2) is 26.7 Å². The maximum Gasteiger partial charge on any atom is 0.255 e. The van der Waals surface area contributed by atoms with Crippen molar-refractivity contribution >= 4 is 11.6 Å². The van der Waals surface area contributed by atoms with Crippen molar-refractivity contribution < 1.29 is 13.6 Å². The van der Waals surface area contributed by atoms with Crippen molar-refractivity contribution in [3.05, 3.63) is 95.4 Å². The van der Waals surface area contributed by atoms with Crippen molar-refractivity contribution in [2.75, 3.05) is 6.54 Å². The van der Waals surface area contributed by atoms with Crippen LogP contribution in [0.15, 0.2) is 67.0 Å². The zero-order valence-electron chi connectivity index (χ0n) is 15.5. The lowest BCUT2D eigenvalue weighted by molar-refractivity contribution is 0.0780. The molecule has 5 rings (SSSR count). The number of carbonyl (C=O) groups excluding carboxylic acids is 1. The van der Waals surface area contributed by atoms with Crippen LogP contribution in [0.25, 0.3) is 16.8 Å². The number of rotatable bonds is 4. The maximum absolute atomic E-state index is 14.4. The van der Waals surface area contributed by atoms with Crippen LogP contribution in [0.2, 0.25) is 0 Å². The van der Waals surface area contributed by atoms with Crippen molar-refractivity contribution in [3.8, 4) is 11.1 Å². The third-order valence-corrected chi connectivity index (χ3v) is 5.31. The fraction of sp³-hybridized carbons (Fsp3) is 0.130. The van der Waals surface area contributed by atoms with E-state index in [0.717, 1.165) is 11.3 Å². The topological polar surface area (TPSA) is 37.6 Å². The lowest BCUT2D eigenvalue weighted by Crippen LogP contribution is -2.26. The van der Waals surface area contributed by atoms with Crippen molar-refractivity contribution in [3.63, 3.8) is 0 Å². The Labute approximate surface area is 166 Å². The maximum atomic E-state index is 14.4. The van der Waals surface area contributed by atoms with Gasteiger partial charge < -0.3 is 9.30 Å². The number of carbonyl (C=O) groups is 1. The molecule has 4 nitrogen and oxygen atoms in total. The number of halogens is 2. The second-order valence-corrected chi connectivity index (χ2v) is 7.13. The van der Waals surface area contributed by atoms with Crippen LogP contribution in [-0.2, 0) is 13.0 Å². The molecule has 29 heavy (non-hydrogen) atoms. The highest BCUT2D eigenvalue weighted by Crippen LogP contribution is 2.34. The van der Waals surface area contributed by atoms with Crippen LogP contribution < -0.4 is 0 Å². The van der Waals surface area contributed by atoms with Gasteiger partial charge in [-0.15, -0.1) is 0 Å². The zero-order valence-corrected chi connectivity index (χ0v) is 15.5. The van der Waals surface area contributed by atoms with Gasteiger partial charge in [-0.25, -0.2) is 13.8 Å². The number of fused-ring (bicyclic) bond motifs is 2. The molecule has 1 amide bonds. The van der Waals surface area contributed by atoms with Gasteiger partial charge in [-0.2, -0.15) is 0 Å². The Morgan fingerprint density at radius 3 is 2.62 bits per heavy atom. The van der Waals surface area contributed by atoms with E-state index in [9.17, 15) is 13.6 Å². The lowest BCUT2D eigenvalue weighted by atomic mass is 9.96. The second-order valence-electron chi connectivity index (χ2n) is 7.13. The summed E-state index contributed by atoms with van der Waals surface area (Å²) < 4.78 is 29.7. The number of imidazole rings is 1. The van der Waals surface area contributed by atoms with Crippen molar-refractivity contribution in [1.82, 2.24) is 14.3 Å². The van der Waals surface area contributed by atoms with Gasteiger partial charge in [-0.3, -0.25) is 4.79 Å². The molecule has 0 N–H and O–H groups in total. The first-order valence-corrected chi connectivity index (χ1v) is 9.39. The van der Waals surface area contributed by atoms with Gasteiger partial charge in [0.05, 0.1) is 11.3 Å². The number of nitrogens with zero attached hydrogens (tertiary/aromatic N) is 3. The smallest absolute Gasteiger partial charge is 0.255 e. The fourth-order valence-electron chi connectivity index (χ4n) is 3.85. The summed E-state index contributed by atoms with van der Waals surface area (Å²) in [4.78, 5) is 19.3. The molecular weight excluding hydrogens is 372 g/mol. The first kappa shape index (κ1) is 17.6. The van der Waals surface area contributed by atoms with E-state index < -0.39 is 5.82 Å². The Bertz CT molecular complexity index is 1200. The van der Waals surface area contributed by atoms with Crippen molar-refractivity contribution in [2.45, 2.75) is 13.0 Å². The van der Waals surface area contributed by atoms with E-state index in [1.165, 1.54) is 18.2 Å². The monoisotopic (exact) mass is 389 g/mol. The average Bonchev–Trinajstić information content (AvgIpc) is 3.29. The van der Waals surface area contributed by atoms with Crippen LogP contribution >= 0.6 is 0 Å². The molecule has 1 aliphatic rings. The van der Waals surface area contributed by atoms with Gasteiger partial charge in [0.15, 0.2) is 0 Å². The highest BCUT2D eigenvalue weighted by Gasteiger charge is 2.32. The minimum absolute atomic E-state index is 0.206. The summed E-state index contributed by atoms with van der Waals surface area (Å²) in [6.45, 7) is 0.669. The number of hydrogen-bond acceptors (Lipinski definition) is 2. The molecular formula is C23H17F2N3O. The van der Waals surface area contributed by atoms with Gasteiger partial charge in [0.25, 0.3) is 5.91 Å². The number of pyridine rings is 1. The molecule has 1 aliphatic heterocycles. The van der Waals surface area contributed by atoms with Crippen LogP contribution in [0.1, 0.15) is 21.6 Å². The van der Waals surface area contributed by atoms with Crippen LogP contribution in [0.5, 0.6) is 0 Å². The summed E-state index contributed by atoms with van der Waals surface area (Å²) in [5, 5.41) is 0. The predicted octanol–water partition coefficient (Wildman–Crippen LogP) is 4.48. The summed E-state index contributed by atoms with van der Waals surface area (Å²) in [6.07, 6.45) is 4.44. The van der Waals surface area contributed by atoms with Gasteiger partial charge in [0.1, 0.15) is 17.3 Å². The van der Waals surface area contributed by atoms with Crippen LogP contribution in [0.3, 0.4) is 0 Å². The first-order valence-electron chi connectivity index (χ1n) is 9.39. The van der Waals surface area contributed by atoms with Crippen LogP contribution in [0.4, 0.5) is 8.78 Å². The molecule has 4 aromatic rings. The van der Waals surface area contributed by atoms with E-state index in [2.05, 4.69) is 4.98 Å². The van der Waals surface area contributed by atoms with Gasteiger partial charge >= 0.3 is 0 Å². The normalized spacial score (nSPS) is 13.3. The standard InChI is InChI=1S/C23H17F2N3O/c24-16-6-4-15(5-7-16)18-8-9-20(25)19-14-28(23(29)22(18)19)12-10-17-13-27-11-2-1-3-21(27)26-17/h1-9,11,13H,10,12,14H2. The summed E-state index contributed by atoms with van der Waals surface area (Å²) in [6, 6.07) is 14.6. The van der Waals surface area contributed by atoms with Gasteiger partial charge in [0, 0.05) is 37.5 Å². The largest absolute Gasteiger partial charge is 0.334 e. The van der Waals surface area contributed by atoms with Crippen molar-refractivity contribution in [2.24, 2.45) is 0 Å². The molecule has 3 heterocycles. The predicted molar refractivity (Wildman–Crippen MR) is 105 cm³/mol. The molecule has 0 fully saturated rings. The Balaban J connectivity index is 1.42. The minimum atomic E-state index is -0.394. The van der Waals surface area contributed by atoms with Gasteiger partial charge in [-0.1, -0.05) is 24.3 Å². The van der Waals surface area contributed by atoms with Crippen LogP contribution in [0, 0.1) is 11.6 Å². The van der Waals surface area contributed by atoms with E-state index in [-0.39, 0.29) is 18.3 Å². The molecule has 0 unspecified atom stereocenters. The minimum Gasteiger partial charge on any atom is -0.334 e. The molecule has 2 aromatic carbocycles. The molecule has 0 bridgehead atoms. The Morgan fingerprint density at radius 1 is 1.00 bits per heavy atom. The Hall–Kier alpha value is -3.54. The van der Waals surface area contributed by atoms with E-state index in [1.807, 2.05) is 35.0 Å².